The highest BCUT2D eigenvalue weighted by molar-refractivity contribution is 6.20. The highest BCUT2D eigenvalue weighted by Crippen LogP contribution is 2.41. The first-order chi connectivity index (χ1) is 30.2. The second kappa shape index (κ2) is 14.3. The SMILES string of the molecule is c1ccc(-c2cccc(-c3cc(-c4ccc(-c5cccc6c5oc5ccccc56)cc4)nc(-c4ccc(-c5c6ccccc6cc6c5ccc5ccccc56)cc4)n3)c2)cc1. The summed E-state index contributed by atoms with van der Waals surface area (Å²) in [4.78, 5) is 10.5. The van der Waals surface area contributed by atoms with E-state index in [1.54, 1.807) is 0 Å². The van der Waals surface area contributed by atoms with Crippen molar-refractivity contribution in [1.29, 1.82) is 0 Å². The summed E-state index contributed by atoms with van der Waals surface area (Å²) in [6.07, 6.45) is 0. The minimum Gasteiger partial charge on any atom is -0.455 e. The minimum atomic E-state index is 0.675. The average Bonchev–Trinajstić information content (AvgIpc) is 3.73. The summed E-state index contributed by atoms with van der Waals surface area (Å²) >= 11 is 0. The Morgan fingerprint density at radius 2 is 0.902 bits per heavy atom. The topological polar surface area (TPSA) is 38.9 Å². The molecule has 284 valence electrons. The van der Waals surface area contributed by atoms with Crippen molar-refractivity contribution in [3.05, 3.63) is 218 Å². The third kappa shape index (κ3) is 6.06. The van der Waals surface area contributed by atoms with Crippen LogP contribution in [0.3, 0.4) is 0 Å². The van der Waals surface area contributed by atoms with Gasteiger partial charge in [-0.15, -0.1) is 0 Å². The highest BCUT2D eigenvalue weighted by Gasteiger charge is 2.16. The van der Waals surface area contributed by atoms with Crippen molar-refractivity contribution in [2.75, 3.05) is 0 Å². The number of benzene rings is 10. The van der Waals surface area contributed by atoms with Gasteiger partial charge in [0.2, 0.25) is 0 Å². The van der Waals surface area contributed by atoms with Crippen molar-refractivity contribution in [3.63, 3.8) is 0 Å². The number of rotatable bonds is 6. The predicted molar refractivity (Wildman–Crippen MR) is 254 cm³/mol. The van der Waals surface area contributed by atoms with Crippen LogP contribution in [0.4, 0.5) is 0 Å². The molecular weight excluding hydrogens is 741 g/mol. The smallest absolute Gasteiger partial charge is 0.160 e. The molecule has 0 saturated heterocycles. The number of hydrogen-bond donors (Lipinski definition) is 0. The summed E-state index contributed by atoms with van der Waals surface area (Å²) in [5.41, 5.74) is 13.4. The fourth-order valence-corrected chi connectivity index (χ4v) is 9.07. The first-order valence-corrected chi connectivity index (χ1v) is 20.7. The molecule has 3 nitrogen and oxygen atoms in total. The summed E-state index contributed by atoms with van der Waals surface area (Å²) in [5.74, 6) is 0.675. The molecular formula is C58H36N2O. The summed E-state index contributed by atoms with van der Waals surface area (Å²) in [6, 6.07) is 77.5. The third-order valence-corrected chi connectivity index (χ3v) is 12.1. The molecule has 0 aliphatic rings. The molecule has 12 aromatic rings. The zero-order chi connectivity index (χ0) is 40.3. The lowest BCUT2D eigenvalue weighted by Crippen LogP contribution is -1.96. The minimum absolute atomic E-state index is 0.675. The number of nitrogens with zero attached hydrogens (tertiary/aromatic N) is 2. The van der Waals surface area contributed by atoms with E-state index < -0.39 is 0 Å². The first-order valence-electron chi connectivity index (χ1n) is 20.7. The van der Waals surface area contributed by atoms with E-state index in [2.05, 4.69) is 206 Å². The molecule has 61 heavy (non-hydrogen) atoms. The Morgan fingerprint density at radius 3 is 1.74 bits per heavy atom. The van der Waals surface area contributed by atoms with Gasteiger partial charge in [-0.2, -0.15) is 0 Å². The van der Waals surface area contributed by atoms with Crippen molar-refractivity contribution in [2.24, 2.45) is 0 Å². The van der Waals surface area contributed by atoms with E-state index in [0.717, 1.165) is 72.3 Å². The molecule has 0 fully saturated rings. The van der Waals surface area contributed by atoms with E-state index in [1.165, 1.54) is 43.4 Å². The summed E-state index contributed by atoms with van der Waals surface area (Å²) in [5, 5.41) is 9.71. The quantitative estimate of drug-likeness (QED) is 0.125. The van der Waals surface area contributed by atoms with Crippen LogP contribution < -0.4 is 0 Å². The Hall–Kier alpha value is -8.14. The van der Waals surface area contributed by atoms with Crippen molar-refractivity contribution in [3.8, 4) is 67.3 Å². The van der Waals surface area contributed by atoms with Crippen LogP contribution in [0.2, 0.25) is 0 Å². The zero-order valence-electron chi connectivity index (χ0n) is 33.1. The molecule has 3 heteroatoms. The molecule has 0 spiro atoms. The van der Waals surface area contributed by atoms with Crippen LogP contribution in [0, 0.1) is 0 Å². The lowest BCUT2D eigenvalue weighted by atomic mass is 9.89. The summed E-state index contributed by atoms with van der Waals surface area (Å²) in [6.45, 7) is 0. The van der Waals surface area contributed by atoms with Crippen LogP contribution in [0.5, 0.6) is 0 Å². The predicted octanol–water partition coefficient (Wildman–Crippen LogP) is 15.8. The van der Waals surface area contributed by atoms with Gasteiger partial charge < -0.3 is 4.42 Å². The monoisotopic (exact) mass is 776 g/mol. The van der Waals surface area contributed by atoms with Crippen LogP contribution in [0.25, 0.3) is 122 Å². The molecule has 0 saturated carbocycles. The Kier molecular flexibility index (Phi) is 8.17. The van der Waals surface area contributed by atoms with E-state index in [1.807, 2.05) is 12.1 Å². The van der Waals surface area contributed by atoms with Crippen molar-refractivity contribution in [2.45, 2.75) is 0 Å². The Labute approximate surface area is 352 Å². The Bertz CT molecular complexity index is 3620. The number of para-hydroxylation sites is 2. The van der Waals surface area contributed by atoms with Gasteiger partial charge in [0, 0.05) is 33.0 Å². The van der Waals surface area contributed by atoms with Crippen LogP contribution in [-0.4, -0.2) is 9.97 Å². The molecule has 0 aliphatic carbocycles. The number of hydrogen-bond acceptors (Lipinski definition) is 3. The van der Waals surface area contributed by atoms with E-state index in [-0.39, 0.29) is 0 Å². The second-order valence-corrected chi connectivity index (χ2v) is 15.7. The largest absolute Gasteiger partial charge is 0.455 e. The lowest BCUT2D eigenvalue weighted by Gasteiger charge is -2.15. The number of furan rings is 1. The standard InChI is InChI=1S/C58H36N2O/c1-2-12-37(13-3-1)43-16-10-17-45(34-43)54-36-53(40-26-24-39(25-27-40)48-21-11-22-51-49-20-8-9-23-55(49)61-57(48)51)59-58(60-54)42-30-28-41(29-31-42)56-47-19-7-5-15-44(47)35-52-46-18-6-4-14-38(46)32-33-50(52)56/h1-36H. The normalized spacial score (nSPS) is 11.6. The van der Waals surface area contributed by atoms with Gasteiger partial charge in [0.1, 0.15) is 11.2 Å². The van der Waals surface area contributed by atoms with Crippen LogP contribution in [0.15, 0.2) is 223 Å². The molecule has 12 rings (SSSR count). The fraction of sp³-hybridized carbons (Fsp3) is 0. The average molecular weight is 777 g/mol. The zero-order valence-corrected chi connectivity index (χ0v) is 33.1. The van der Waals surface area contributed by atoms with Crippen LogP contribution in [0.1, 0.15) is 0 Å². The maximum absolute atomic E-state index is 6.40. The molecule has 2 heterocycles. The van der Waals surface area contributed by atoms with Gasteiger partial charge in [0.05, 0.1) is 11.4 Å². The first kappa shape index (κ1) is 34.9. The van der Waals surface area contributed by atoms with E-state index in [4.69, 9.17) is 14.4 Å². The van der Waals surface area contributed by atoms with Crippen molar-refractivity contribution < 1.29 is 4.42 Å². The summed E-state index contributed by atoms with van der Waals surface area (Å²) in [7, 11) is 0. The third-order valence-electron chi connectivity index (χ3n) is 12.1. The molecule has 0 aliphatic heterocycles. The maximum Gasteiger partial charge on any atom is 0.160 e. The number of aromatic nitrogens is 2. The molecule has 0 radical (unpaired) electrons. The van der Waals surface area contributed by atoms with Gasteiger partial charge in [-0.25, -0.2) is 9.97 Å². The van der Waals surface area contributed by atoms with Gasteiger partial charge in [-0.05, 0) is 84.4 Å². The van der Waals surface area contributed by atoms with Crippen molar-refractivity contribution in [1.82, 2.24) is 9.97 Å². The van der Waals surface area contributed by atoms with Gasteiger partial charge in [0.25, 0.3) is 0 Å². The van der Waals surface area contributed by atoms with Crippen LogP contribution >= 0.6 is 0 Å². The van der Waals surface area contributed by atoms with Gasteiger partial charge in [-0.3, -0.25) is 0 Å². The molecule has 0 N–H and O–H groups in total. The van der Waals surface area contributed by atoms with Crippen molar-refractivity contribution >= 4 is 54.3 Å². The lowest BCUT2D eigenvalue weighted by molar-refractivity contribution is 0.670. The maximum atomic E-state index is 6.40. The number of fused-ring (bicyclic) bond motifs is 7. The molecule has 2 aromatic heterocycles. The molecule has 0 amide bonds. The Balaban J connectivity index is 0.981. The highest BCUT2D eigenvalue weighted by atomic mass is 16.3. The molecule has 0 bridgehead atoms. The molecule has 10 aromatic carbocycles. The summed E-state index contributed by atoms with van der Waals surface area (Å²) < 4.78 is 6.40. The molecule has 0 unspecified atom stereocenters. The van der Waals surface area contributed by atoms with Gasteiger partial charge >= 0.3 is 0 Å². The van der Waals surface area contributed by atoms with Gasteiger partial charge in [0.15, 0.2) is 5.82 Å². The fourth-order valence-electron chi connectivity index (χ4n) is 9.07. The van der Waals surface area contributed by atoms with E-state index in [9.17, 15) is 0 Å². The van der Waals surface area contributed by atoms with E-state index in [0.29, 0.717) is 5.82 Å². The Morgan fingerprint density at radius 1 is 0.295 bits per heavy atom. The second-order valence-electron chi connectivity index (χ2n) is 15.7. The molecule has 0 atom stereocenters. The van der Waals surface area contributed by atoms with Gasteiger partial charge in [-0.1, -0.05) is 194 Å². The van der Waals surface area contributed by atoms with E-state index >= 15 is 0 Å². The van der Waals surface area contributed by atoms with Crippen LogP contribution in [-0.2, 0) is 0 Å².